The Bertz CT molecular complexity index is 604. The summed E-state index contributed by atoms with van der Waals surface area (Å²) in [6, 6.07) is 1.35. The Balaban J connectivity index is 2.18. The minimum absolute atomic E-state index is 0.103. The van der Waals surface area contributed by atoms with Gasteiger partial charge in [-0.2, -0.15) is 0 Å². The van der Waals surface area contributed by atoms with E-state index in [-0.39, 0.29) is 17.8 Å². The van der Waals surface area contributed by atoms with Gasteiger partial charge in [0.15, 0.2) is 6.10 Å². The van der Waals surface area contributed by atoms with Crippen molar-refractivity contribution in [3.63, 3.8) is 0 Å². The van der Waals surface area contributed by atoms with E-state index in [4.69, 9.17) is 9.84 Å². The van der Waals surface area contributed by atoms with Gasteiger partial charge in [-0.3, -0.25) is 9.36 Å². The summed E-state index contributed by atoms with van der Waals surface area (Å²) in [4.78, 5) is 34.7. The molecule has 2 unspecified atom stereocenters. The average Bonchev–Trinajstić information content (AvgIpc) is 2.87. The van der Waals surface area contributed by atoms with Crippen LogP contribution in [0.2, 0.25) is 0 Å². The highest BCUT2D eigenvalue weighted by Gasteiger charge is 2.31. The average molecular weight is 282 g/mol. The van der Waals surface area contributed by atoms with Gasteiger partial charge in [0.1, 0.15) is 0 Å². The molecule has 1 fully saturated rings. The van der Waals surface area contributed by atoms with E-state index >= 15 is 0 Å². The molecule has 7 heteroatoms. The molecular formula is C13H18N2O5. The van der Waals surface area contributed by atoms with Crippen molar-refractivity contribution in [1.82, 2.24) is 9.13 Å². The molecule has 1 saturated heterocycles. The molecule has 2 heterocycles. The second-order valence-electron chi connectivity index (χ2n) is 4.90. The lowest BCUT2D eigenvalue weighted by Gasteiger charge is -2.14. The van der Waals surface area contributed by atoms with E-state index in [2.05, 4.69) is 0 Å². The second-order valence-corrected chi connectivity index (χ2v) is 4.90. The van der Waals surface area contributed by atoms with Crippen LogP contribution in [0, 0.1) is 0 Å². The third-order valence-electron chi connectivity index (χ3n) is 3.37. The van der Waals surface area contributed by atoms with Gasteiger partial charge in [-0.15, -0.1) is 0 Å². The van der Waals surface area contributed by atoms with Crippen molar-refractivity contribution in [1.29, 1.82) is 0 Å². The smallest absolute Gasteiger partial charge is 0.332 e. The zero-order valence-electron chi connectivity index (χ0n) is 11.3. The molecule has 1 N–H and O–H groups in total. The van der Waals surface area contributed by atoms with Crippen molar-refractivity contribution >= 4 is 5.97 Å². The van der Waals surface area contributed by atoms with E-state index in [1.54, 1.807) is 0 Å². The van der Waals surface area contributed by atoms with E-state index < -0.39 is 18.2 Å². The lowest BCUT2D eigenvalue weighted by Crippen LogP contribution is -2.41. The maximum absolute atomic E-state index is 12.1. The maximum atomic E-state index is 12.1. The molecule has 7 nitrogen and oxygen atoms in total. The molecule has 1 aliphatic heterocycles. The number of nitrogens with zero attached hydrogens (tertiary/aromatic N) is 2. The number of hydrogen-bond donors (Lipinski definition) is 1. The van der Waals surface area contributed by atoms with Crippen LogP contribution in [0.4, 0.5) is 0 Å². The molecule has 110 valence electrons. The van der Waals surface area contributed by atoms with E-state index in [1.807, 2.05) is 6.92 Å². The molecule has 0 amide bonds. The van der Waals surface area contributed by atoms with Crippen LogP contribution < -0.4 is 11.2 Å². The zero-order valence-corrected chi connectivity index (χ0v) is 11.3. The summed E-state index contributed by atoms with van der Waals surface area (Å²) in [5.41, 5.74) is -0.758. The minimum Gasteiger partial charge on any atom is -0.479 e. The van der Waals surface area contributed by atoms with Crippen LogP contribution in [0.3, 0.4) is 0 Å². The van der Waals surface area contributed by atoms with Gasteiger partial charge in [0.25, 0.3) is 5.56 Å². The summed E-state index contributed by atoms with van der Waals surface area (Å²) >= 11 is 0. The molecule has 0 radical (unpaired) electrons. The fourth-order valence-electron chi connectivity index (χ4n) is 2.36. The number of ether oxygens (including phenoxy) is 1. The molecule has 0 aliphatic carbocycles. The van der Waals surface area contributed by atoms with Crippen molar-refractivity contribution in [3.05, 3.63) is 33.1 Å². The maximum Gasteiger partial charge on any atom is 0.332 e. The topological polar surface area (TPSA) is 90.5 Å². The van der Waals surface area contributed by atoms with Gasteiger partial charge >= 0.3 is 11.7 Å². The number of aryl methyl sites for hydroxylation is 1. The first-order chi connectivity index (χ1) is 9.52. The molecule has 0 saturated carbocycles. The quantitative estimate of drug-likeness (QED) is 0.824. The van der Waals surface area contributed by atoms with E-state index in [1.165, 1.54) is 16.8 Å². The van der Waals surface area contributed by atoms with Gasteiger partial charge in [0, 0.05) is 18.8 Å². The first-order valence-corrected chi connectivity index (χ1v) is 6.71. The Morgan fingerprint density at radius 2 is 2.20 bits per heavy atom. The molecular weight excluding hydrogens is 264 g/mol. The van der Waals surface area contributed by atoms with Crippen LogP contribution in [-0.2, 0) is 22.6 Å². The standard InChI is InChI=1S/C13H18N2O5/c1-2-6-14-7-5-11(16)15(13(14)19)8-9-3-4-10(20-9)12(17)18/h5,7,9-10H,2-4,6,8H2,1H3,(H,17,18). The van der Waals surface area contributed by atoms with Gasteiger partial charge in [-0.05, 0) is 19.3 Å². The van der Waals surface area contributed by atoms with Crippen LogP contribution in [0.25, 0.3) is 0 Å². The minimum atomic E-state index is -1.00. The van der Waals surface area contributed by atoms with Crippen molar-refractivity contribution in [2.45, 2.75) is 51.5 Å². The largest absolute Gasteiger partial charge is 0.479 e. The normalized spacial score (nSPS) is 22.1. The summed E-state index contributed by atoms with van der Waals surface area (Å²) in [6.45, 7) is 2.59. The van der Waals surface area contributed by atoms with E-state index in [9.17, 15) is 14.4 Å². The molecule has 0 spiro atoms. The van der Waals surface area contributed by atoms with E-state index in [0.29, 0.717) is 19.4 Å². The summed E-state index contributed by atoms with van der Waals surface area (Å²) in [5.74, 6) is -1.00. The molecule has 20 heavy (non-hydrogen) atoms. The molecule has 1 aromatic heterocycles. The molecule has 0 bridgehead atoms. The zero-order chi connectivity index (χ0) is 14.7. The van der Waals surface area contributed by atoms with Gasteiger partial charge in [-0.25, -0.2) is 9.59 Å². The number of hydrogen-bond acceptors (Lipinski definition) is 4. The fraction of sp³-hybridized carbons (Fsp3) is 0.615. The van der Waals surface area contributed by atoms with Gasteiger partial charge in [-0.1, -0.05) is 6.92 Å². The summed E-state index contributed by atoms with van der Waals surface area (Å²) in [5, 5.41) is 8.86. The first-order valence-electron chi connectivity index (χ1n) is 6.71. The van der Waals surface area contributed by atoms with Crippen molar-refractivity contribution in [2.75, 3.05) is 0 Å². The van der Waals surface area contributed by atoms with Crippen LogP contribution in [0.5, 0.6) is 0 Å². The SMILES string of the molecule is CCCn1ccc(=O)n(CC2CCC(C(=O)O)O2)c1=O. The monoisotopic (exact) mass is 282 g/mol. The number of rotatable bonds is 5. The highest BCUT2D eigenvalue weighted by atomic mass is 16.5. The Labute approximate surface area is 115 Å². The van der Waals surface area contributed by atoms with Crippen molar-refractivity contribution in [3.8, 4) is 0 Å². The molecule has 1 aromatic rings. The number of carboxylic acids is 1. The van der Waals surface area contributed by atoms with Crippen LogP contribution in [0.1, 0.15) is 26.2 Å². The highest BCUT2D eigenvalue weighted by Crippen LogP contribution is 2.20. The number of carboxylic acid groups (broad SMARTS) is 1. The summed E-state index contributed by atoms with van der Waals surface area (Å²) < 4.78 is 7.92. The summed E-state index contributed by atoms with van der Waals surface area (Å²) in [6.07, 6.45) is 1.98. The van der Waals surface area contributed by atoms with Crippen LogP contribution in [-0.4, -0.2) is 32.4 Å². The second kappa shape index (κ2) is 6.04. The third kappa shape index (κ3) is 2.98. The molecule has 1 aliphatic rings. The fourth-order valence-corrected chi connectivity index (χ4v) is 2.36. The van der Waals surface area contributed by atoms with Gasteiger partial charge in [0.2, 0.25) is 0 Å². The summed E-state index contributed by atoms with van der Waals surface area (Å²) in [7, 11) is 0. The number of aromatic nitrogens is 2. The number of aliphatic carboxylic acids is 1. The van der Waals surface area contributed by atoms with Crippen molar-refractivity contribution < 1.29 is 14.6 Å². The molecule has 2 rings (SSSR count). The predicted octanol–water partition coefficient (Wildman–Crippen LogP) is 0.0522. The Morgan fingerprint density at radius 1 is 1.45 bits per heavy atom. The third-order valence-corrected chi connectivity index (χ3v) is 3.37. The van der Waals surface area contributed by atoms with Gasteiger partial charge < -0.3 is 14.4 Å². The lowest BCUT2D eigenvalue weighted by atomic mass is 10.2. The first kappa shape index (κ1) is 14.5. The highest BCUT2D eigenvalue weighted by molar-refractivity contribution is 5.72. The van der Waals surface area contributed by atoms with Crippen molar-refractivity contribution in [2.24, 2.45) is 0 Å². The van der Waals surface area contributed by atoms with Gasteiger partial charge in [0.05, 0.1) is 12.6 Å². The molecule has 2 atom stereocenters. The van der Waals surface area contributed by atoms with Crippen LogP contribution in [0.15, 0.2) is 21.9 Å². The Morgan fingerprint density at radius 3 is 2.80 bits per heavy atom. The van der Waals surface area contributed by atoms with E-state index in [0.717, 1.165) is 11.0 Å². The Kier molecular flexibility index (Phi) is 4.39. The Hall–Kier alpha value is -1.89. The molecule has 0 aromatic carbocycles. The lowest BCUT2D eigenvalue weighted by molar-refractivity contribution is -0.149. The van der Waals surface area contributed by atoms with Crippen LogP contribution >= 0.6 is 0 Å². The number of carbonyl (C=O) groups is 1. The predicted molar refractivity (Wildman–Crippen MR) is 70.8 cm³/mol.